The lowest BCUT2D eigenvalue weighted by atomic mass is 9.98. The maximum atomic E-state index is 14.8. The van der Waals surface area contributed by atoms with Crippen LogP contribution in [0.5, 0.6) is 5.75 Å². The summed E-state index contributed by atoms with van der Waals surface area (Å²) in [6, 6.07) is -5.07. The highest BCUT2D eigenvalue weighted by molar-refractivity contribution is 5.99. The van der Waals surface area contributed by atoms with Crippen LogP contribution in [0, 0.1) is 23.7 Å². The highest BCUT2D eigenvalue weighted by Gasteiger charge is 2.41. The molecule has 2 aliphatic heterocycles. The number of guanidine groups is 2. The number of hydrogen-bond donors (Lipinski definition) is 16. The molecule has 0 aliphatic carbocycles. The van der Waals surface area contributed by atoms with Gasteiger partial charge in [-0.25, -0.2) is 4.79 Å². The Hall–Kier alpha value is -8.84. The van der Waals surface area contributed by atoms with Crippen LogP contribution in [0.4, 0.5) is 0 Å². The minimum Gasteiger partial charge on any atom is -0.508 e. The van der Waals surface area contributed by atoms with Crippen LogP contribution in [0.1, 0.15) is 125 Å². The number of nitrogens with two attached hydrogens (primary N) is 5. The minimum absolute atomic E-state index is 0.0413. The smallest absolute Gasteiger partial charge is 0.326 e. The number of benzene rings is 1. The highest BCUT2D eigenvalue weighted by Crippen LogP contribution is 2.23. The maximum Gasteiger partial charge on any atom is 0.326 e. The molecule has 0 unspecified atom stereocenters. The molecule has 9 atom stereocenters. The third kappa shape index (κ3) is 26.6. The summed E-state index contributed by atoms with van der Waals surface area (Å²) in [5, 5.41) is 43.2. The monoisotopic (exact) mass is 1280 g/mol. The molecule has 0 radical (unpaired) electrons. The number of hydrogen-bond acceptors (Lipinski definition) is 16. The van der Waals surface area contributed by atoms with Gasteiger partial charge in [0.1, 0.15) is 54.1 Å². The number of rotatable bonds is 37. The highest BCUT2D eigenvalue weighted by atomic mass is 16.4. The van der Waals surface area contributed by atoms with Gasteiger partial charge in [0.2, 0.25) is 65.0 Å². The predicted octanol–water partition coefficient (Wildman–Crippen LogP) is -3.90. The van der Waals surface area contributed by atoms with E-state index in [1.54, 1.807) is 41.5 Å². The van der Waals surface area contributed by atoms with Crippen molar-refractivity contribution in [1.29, 1.82) is 0 Å². The van der Waals surface area contributed by atoms with Crippen molar-refractivity contribution in [2.24, 2.45) is 62.3 Å². The van der Waals surface area contributed by atoms with Gasteiger partial charge in [0, 0.05) is 32.6 Å². The van der Waals surface area contributed by atoms with Crippen molar-refractivity contribution in [3.05, 3.63) is 29.8 Å². The second-order valence-corrected chi connectivity index (χ2v) is 24.4. The van der Waals surface area contributed by atoms with Gasteiger partial charge in [0.15, 0.2) is 11.9 Å². The Labute approximate surface area is 530 Å². The molecule has 0 saturated carbocycles. The van der Waals surface area contributed by atoms with Crippen LogP contribution < -0.4 is 76.5 Å². The van der Waals surface area contributed by atoms with E-state index < -0.39 is 151 Å². The number of carboxylic acid groups (broad SMARTS) is 1. The largest absolute Gasteiger partial charge is 0.508 e. The second-order valence-electron chi connectivity index (χ2n) is 24.4. The number of nitrogens with zero attached hydrogens (tertiary/aromatic N) is 4. The zero-order valence-electron chi connectivity index (χ0n) is 53.5. The Morgan fingerprint density at radius 1 is 0.538 bits per heavy atom. The van der Waals surface area contributed by atoms with Crippen LogP contribution in [0.15, 0.2) is 34.3 Å². The molecule has 32 heteroatoms. The molecular weight excluding hydrogens is 1180 g/mol. The van der Waals surface area contributed by atoms with Crippen molar-refractivity contribution in [3.63, 3.8) is 0 Å². The molecule has 1 aromatic rings. The minimum atomic E-state index is -1.39. The molecule has 0 aromatic heterocycles. The van der Waals surface area contributed by atoms with Crippen LogP contribution in [-0.4, -0.2) is 203 Å². The van der Waals surface area contributed by atoms with E-state index >= 15 is 0 Å². The molecule has 0 spiro atoms. The number of nitrogens with one attached hydrogen (secondary N) is 9. The van der Waals surface area contributed by atoms with E-state index in [9.17, 15) is 67.7 Å². The molecule has 2 heterocycles. The summed E-state index contributed by atoms with van der Waals surface area (Å²) >= 11 is 0. The van der Waals surface area contributed by atoms with Gasteiger partial charge in [0.25, 0.3) is 0 Å². The van der Waals surface area contributed by atoms with Gasteiger partial charge in [-0.15, -0.1) is 0 Å². The second kappa shape index (κ2) is 38.0. The molecule has 91 heavy (non-hydrogen) atoms. The van der Waals surface area contributed by atoms with Crippen LogP contribution in [0.2, 0.25) is 0 Å². The molecule has 0 bridgehead atoms. The molecular formula is C59H98N18O14. The van der Waals surface area contributed by atoms with Gasteiger partial charge in [-0.05, 0) is 106 Å². The Bertz CT molecular complexity index is 2740. The van der Waals surface area contributed by atoms with Crippen LogP contribution in [0.3, 0.4) is 0 Å². The normalized spacial score (nSPS) is 16.8. The number of phenolic OH excluding ortho intramolecular Hbond substituents is 1. The summed E-state index contributed by atoms with van der Waals surface area (Å²) in [5.74, 6) is -10.9. The lowest BCUT2D eigenvalue weighted by Crippen LogP contribution is -2.60. The summed E-state index contributed by atoms with van der Waals surface area (Å²) in [6.07, 6.45) is 1.40. The summed E-state index contributed by atoms with van der Waals surface area (Å²) in [4.78, 5) is 174. The number of carboxylic acids is 1. The van der Waals surface area contributed by atoms with Gasteiger partial charge in [-0.1, -0.05) is 67.5 Å². The van der Waals surface area contributed by atoms with Gasteiger partial charge < -0.3 is 96.5 Å². The number of amides is 11. The standard InChI is InChI=1S/C59H98N18O14/c1-31(2)25-39(72-52(85)40(27-35-17-19-36(78)20-18-35)73-55(88)48(34(7)8)75-45(80)29-67-44(79)28-68-54(87)47(60)33(5)6)51(84)74-41(26-32(3)4)56(89)77-24-11-15-42(77)53(86)71-38(14-10-22-66-59(63)64)50(83)70-37(13-9-21-65-58(61)62)49(82)69-30-46(81)76-23-12-16-43(76)57(90)91/h17-20,31-34,37-43,47-48,78H,9-16,21-30,60H2,1-8H3,(H,67,79)(H,68,87)(H,69,82)(H,70,83)(H,71,86)(H,72,85)(H,73,88)(H,74,84)(H,75,80)(H,90,91)(H4,61,62,65)(H4,63,64,66)/t37-,38-,39-,40-,41-,42-,43-,47-,48-/m0/s1. The zero-order chi connectivity index (χ0) is 68.2. The van der Waals surface area contributed by atoms with E-state index in [1.165, 1.54) is 29.2 Å². The number of likely N-dealkylation sites (tertiary alicyclic amines) is 2. The first-order valence-electron chi connectivity index (χ1n) is 30.9. The molecule has 3 rings (SSSR count). The zero-order valence-corrected chi connectivity index (χ0v) is 53.5. The number of phenols is 1. The molecule has 21 N–H and O–H groups in total. The number of carbonyl (C=O) groups excluding carboxylic acids is 11. The van der Waals surface area contributed by atoms with Crippen molar-refractivity contribution >= 4 is 82.9 Å². The SMILES string of the molecule is CC(C)C[C@H](NC(=O)[C@H](Cc1ccc(O)cc1)NC(=O)[C@@H](NC(=O)CNC(=O)CNC(=O)[C@@H](N)C(C)C)C(C)C)C(=O)N[C@@H](CC(C)C)C(=O)N1CCC[C@H]1C(=O)N[C@@H](CCCN=C(N)N)C(=O)N[C@@H](CCCN=C(N)N)C(=O)NCC(=O)N1CCC[C@H]1C(=O)O. The van der Waals surface area contributed by atoms with Crippen molar-refractivity contribution < 1.29 is 67.7 Å². The fraction of sp³-hybridized carbons (Fsp3) is 0.661. The van der Waals surface area contributed by atoms with E-state index in [0.717, 1.165) is 4.90 Å². The number of aliphatic carboxylic acids is 1. The summed E-state index contributed by atoms with van der Waals surface area (Å²) in [7, 11) is 0. The topological polar surface area (TPSA) is 515 Å². The molecule has 2 saturated heterocycles. The fourth-order valence-electron chi connectivity index (χ4n) is 10.2. The van der Waals surface area contributed by atoms with Crippen molar-refractivity contribution in [2.75, 3.05) is 45.8 Å². The lowest BCUT2D eigenvalue weighted by molar-refractivity contribution is -0.148. The number of carbonyl (C=O) groups is 12. The van der Waals surface area contributed by atoms with E-state index in [0.29, 0.717) is 18.4 Å². The first-order chi connectivity index (χ1) is 42.8. The Morgan fingerprint density at radius 3 is 1.57 bits per heavy atom. The lowest BCUT2D eigenvalue weighted by Gasteiger charge is -2.32. The van der Waals surface area contributed by atoms with Gasteiger partial charge in [0.05, 0.1) is 25.7 Å². The Balaban J connectivity index is 1.87. The van der Waals surface area contributed by atoms with Crippen molar-refractivity contribution in [2.45, 2.75) is 180 Å². The van der Waals surface area contributed by atoms with E-state index in [4.69, 9.17) is 28.7 Å². The van der Waals surface area contributed by atoms with E-state index in [2.05, 4.69) is 57.8 Å². The van der Waals surface area contributed by atoms with Gasteiger partial charge in [-0.3, -0.25) is 62.7 Å². The molecule has 1 aromatic carbocycles. The molecule has 2 aliphatic rings. The third-order valence-electron chi connectivity index (χ3n) is 15.1. The first-order valence-corrected chi connectivity index (χ1v) is 30.9. The summed E-state index contributed by atoms with van der Waals surface area (Å²) in [5.41, 5.74) is 28.4. The molecule has 32 nitrogen and oxygen atoms in total. The average molecular weight is 1280 g/mol. The van der Waals surface area contributed by atoms with E-state index in [-0.39, 0.29) is 119 Å². The van der Waals surface area contributed by atoms with Crippen LogP contribution in [0.25, 0.3) is 0 Å². The maximum absolute atomic E-state index is 14.8. The van der Waals surface area contributed by atoms with Crippen molar-refractivity contribution in [1.82, 2.24) is 57.7 Å². The summed E-state index contributed by atoms with van der Waals surface area (Å²) < 4.78 is 0. The van der Waals surface area contributed by atoms with Gasteiger partial charge in [-0.2, -0.15) is 0 Å². The quantitative estimate of drug-likeness (QED) is 0.0172. The fourth-order valence-corrected chi connectivity index (χ4v) is 10.2. The first kappa shape index (κ1) is 76.4. The Morgan fingerprint density at radius 2 is 1.02 bits per heavy atom. The molecule has 508 valence electrons. The number of aromatic hydroxyl groups is 1. The van der Waals surface area contributed by atoms with Gasteiger partial charge >= 0.3 is 5.97 Å². The molecule has 11 amide bonds. The average Bonchev–Trinajstić information content (AvgIpc) is 2.04. The Kier molecular flexibility index (Phi) is 31.9. The predicted molar refractivity (Wildman–Crippen MR) is 336 cm³/mol. The summed E-state index contributed by atoms with van der Waals surface area (Å²) in [6.45, 7) is 12.8. The molecule has 2 fully saturated rings. The number of aliphatic imine (C=N–C) groups is 2. The third-order valence-corrected chi connectivity index (χ3v) is 15.1. The van der Waals surface area contributed by atoms with Crippen LogP contribution in [-0.2, 0) is 64.0 Å². The van der Waals surface area contributed by atoms with Crippen LogP contribution >= 0.6 is 0 Å². The van der Waals surface area contributed by atoms with Crippen molar-refractivity contribution in [3.8, 4) is 5.75 Å². The van der Waals surface area contributed by atoms with E-state index in [1.807, 2.05) is 13.8 Å².